The number of fused-ring (bicyclic) bond motifs is 2. The van der Waals surface area contributed by atoms with Crippen LogP contribution in [0.3, 0.4) is 0 Å². The van der Waals surface area contributed by atoms with Gasteiger partial charge in [0.05, 0.1) is 0 Å². The molecule has 2 amide bonds. The van der Waals surface area contributed by atoms with E-state index in [0.29, 0.717) is 44.2 Å². The average Bonchev–Trinajstić information content (AvgIpc) is 3.37. The highest BCUT2D eigenvalue weighted by atomic mass is 35.5. The Morgan fingerprint density at radius 2 is 1.25 bits per heavy atom. The highest BCUT2D eigenvalue weighted by Gasteiger charge is 2.36. The Labute approximate surface area is 311 Å². The lowest BCUT2D eigenvalue weighted by Gasteiger charge is -2.29. The maximum absolute atomic E-state index is 13.5. The van der Waals surface area contributed by atoms with Crippen molar-refractivity contribution in [1.29, 1.82) is 0 Å². The van der Waals surface area contributed by atoms with E-state index in [0.717, 1.165) is 88.6 Å². The second kappa shape index (κ2) is 17.9. The summed E-state index contributed by atoms with van der Waals surface area (Å²) in [5.41, 5.74) is 3.19. The lowest BCUT2D eigenvalue weighted by Crippen LogP contribution is -2.36. The molecule has 0 radical (unpaired) electrons. The van der Waals surface area contributed by atoms with Crippen LogP contribution in [-0.4, -0.2) is 78.4 Å². The molecule has 0 spiro atoms. The van der Waals surface area contributed by atoms with E-state index < -0.39 is 17.3 Å². The Hall–Kier alpha value is -3.70. The summed E-state index contributed by atoms with van der Waals surface area (Å²) < 4.78 is 40.6. The predicted molar refractivity (Wildman–Crippen MR) is 202 cm³/mol. The number of rotatable bonds is 10. The van der Waals surface area contributed by atoms with Crippen LogP contribution in [0.25, 0.3) is 0 Å². The number of carbonyl (C=O) groups excluding carboxylic acids is 2. The number of halogens is 4. The first kappa shape index (κ1) is 39.5. The molecule has 2 aromatic carbocycles. The summed E-state index contributed by atoms with van der Waals surface area (Å²) in [6.45, 7) is 10.8. The third-order valence-corrected chi connectivity index (χ3v) is 10.1. The average molecular weight is 741 g/mol. The molecule has 1 fully saturated rings. The minimum absolute atomic E-state index is 0.191. The van der Waals surface area contributed by atoms with Gasteiger partial charge in [-0.2, -0.15) is 13.2 Å². The molecule has 0 unspecified atom stereocenters. The zero-order valence-corrected chi connectivity index (χ0v) is 31.5. The molecule has 0 bridgehead atoms. The molecule has 8 nitrogen and oxygen atoms in total. The SMILES string of the molecule is CC(C)(C)c1nc(N2CCCN(CCCCN3C(=O)CCc4ccccc43)CC2)cc(C(F)(F)F)n1.O=C1CCc2ccccc2N1CCCCCl. The summed E-state index contributed by atoms with van der Waals surface area (Å²) in [6, 6.07) is 17.4. The van der Waals surface area contributed by atoms with Gasteiger partial charge in [0.2, 0.25) is 11.8 Å². The maximum Gasteiger partial charge on any atom is 0.433 e. The van der Waals surface area contributed by atoms with Gasteiger partial charge in [0.25, 0.3) is 0 Å². The fourth-order valence-electron chi connectivity index (χ4n) is 6.95. The van der Waals surface area contributed by atoms with Crippen molar-refractivity contribution in [3.05, 3.63) is 77.2 Å². The second-order valence-electron chi connectivity index (χ2n) is 14.8. The molecular weight excluding hydrogens is 689 g/mol. The number of aromatic nitrogens is 2. The molecule has 0 aliphatic carbocycles. The summed E-state index contributed by atoms with van der Waals surface area (Å²) in [4.78, 5) is 40.8. The van der Waals surface area contributed by atoms with Crippen molar-refractivity contribution in [2.24, 2.45) is 0 Å². The van der Waals surface area contributed by atoms with E-state index in [9.17, 15) is 22.8 Å². The molecule has 3 aliphatic rings. The van der Waals surface area contributed by atoms with Crippen LogP contribution in [0.5, 0.6) is 0 Å². The van der Waals surface area contributed by atoms with Crippen LogP contribution < -0.4 is 14.7 Å². The standard InChI is InChI=1S/C27H36F3N5O.C13H16ClNO/c1-26(2,3)25-31-22(27(28,29)30)19-23(32-25)34-15-8-14-33(17-18-34)13-6-7-16-35-21-10-5-4-9-20(21)11-12-24(35)36;14-9-3-4-10-15-12-6-2-1-5-11(12)7-8-13(15)16/h4-5,9-10,19H,6-8,11-18H2,1-3H3;1-2,5-6H,3-4,7-10H2. The van der Waals surface area contributed by atoms with E-state index in [-0.39, 0.29) is 17.6 Å². The quantitative estimate of drug-likeness (QED) is 0.155. The van der Waals surface area contributed by atoms with E-state index in [1.54, 1.807) is 0 Å². The van der Waals surface area contributed by atoms with E-state index in [4.69, 9.17) is 11.6 Å². The number of hydrogen-bond donors (Lipinski definition) is 0. The number of hydrogen-bond acceptors (Lipinski definition) is 6. The minimum Gasteiger partial charge on any atom is -0.355 e. The Balaban J connectivity index is 0.000000272. The number of unbranched alkanes of at least 4 members (excludes halogenated alkanes) is 2. The minimum atomic E-state index is -4.51. The van der Waals surface area contributed by atoms with Crippen LogP contribution in [0.4, 0.5) is 30.4 Å². The summed E-state index contributed by atoms with van der Waals surface area (Å²) >= 11 is 5.65. The van der Waals surface area contributed by atoms with Crippen LogP contribution in [0.2, 0.25) is 0 Å². The van der Waals surface area contributed by atoms with Crippen molar-refractivity contribution in [2.45, 2.75) is 90.1 Å². The molecular formula is C40H52ClF3N6O2. The molecule has 1 saturated heterocycles. The van der Waals surface area contributed by atoms with Crippen molar-refractivity contribution in [1.82, 2.24) is 14.9 Å². The van der Waals surface area contributed by atoms with E-state index in [2.05, 4.69) is 27.0 Å². The first-order valence-corrected chi connectivity index (χ1v) is 19.1. The Bertz CT molecular complexity index is 1630. The number of benzene rings is 2. The molecule has 12 heteroatoms. The van der Waals surface area contributed by atoms with Crippen molar-refractivity contribution in [3.63, 3.8) is 0 Å². The number of amides is 2. The zero-order valence-electron chi connectivity index (χ0n) is 30.7. The fraction of sp³-hybridized carbons (Fsp3) is 0.550. The number of carbonyl (C=O) groups is 2. The molecule has 4 heterocycles. The van der Waals surface area contributed by atoms with Crippen molar-refractivity contribution < 1.29 is 22.8 Å². The largest absolute Gasteiger partial charge is 0.433 e. The molecule has 0 atom stereocenters. The van der Waals surface area contributed by atoms with Gasteiger partial charge in [-0.05, 0) is 81.3 Å². The van der Waals surface area contributed by atoms with Crippen molar-refractivity contribution >= 4 is 40.6 Å². The monoisotopic (exact) mass is 740 g/mol. The molecule has 3 aromatic rings. The van der Waals surface area contributed by atoms with E-state index >= 15 is 0 Å². The van der Waals surface area contributed by atoms with Crippen LogP contribution in [0, 0.1) is 0 Å². The lowest BCUT2D eigenvalue weighted by molar-refractivity contribution is -0.141. The Morgan fingerprint density at radius 3 is 1.81 bits per heavy atom. The molecule has 1 aromatic heterocycles. The first-order chi connectivity index (χ1) is 24.8. The van der Waals surface area contributed by atoms with E-state index in [1.165, 1.54) is 11.1 Å². The van der Waals surface area contributed by atoms with Gasteiger partial charge in [-0.3, -0.25) is 9.59 Å². The molecule has 6 rings (SSSR count). The zero-order chi connectivity index (χ0) is 37.3. The number of para-hydroxylation sites is 2. The van der Waals surface area contributed by atoms with Crippen molar-refractivity contribution in [2.75, 3.05) is 66.4 Å². The summed E-state index contributed by atoms with van der Waals surface area (Å²) in [5, 5.41) is 0. The topological polar surface area (TPSA) is 72.9 Å². The van der Waals surface area contributed by atoms with Gasteiger partial charge >= 0.3 is 6.18 Å². The van der Waals surface area contributed by atoms with Gasteiger partial charge in [-0.15, -0.1) is 11.6 Å². The maximum atomic E-state index is 13.5. The predicted octanol–water partition coefficient (Wildman–Crippen LogP) is 8.05. The Morgan fingerprint density at radius 1 is 0.692 bits per heavy atom. The molecule has 282 valence electrons. The lowest BCUT2D eigenvalue weighted by atomic mass is 9.95. The summed E-state index contributed by atoms with van der Waals surface area (Å²) in [6.07, 6.45) is 3.05. The van der Waals surface area contributed by atoms with Gasteiger partial charge in [0, 0.05) is 74.3 Å². The highest BCUT2D eigenvalue weighted by Crippen LogP contribution is 2.33. The fourth-order valence-corrected chi connectivity index (χ4v) is 7.14. The van der Waals surface area contributed by atoms with Crippen molar-refractivity contribution in [3.8, 4) is 0 Å². The molecule has 52 heavy (non-hydrogen) atoms. The first-order valence-electron chi connectivity index (χ1n) is 18.6. The second-order valence-corrected chi connectivity index (χ2v) is 15.2. The third kappa shape index (κ3) is 10.5. The number of aryl methyl sites for hydroxylation is 2. The van der Waals surface area contributed by atoms with E-state index in [1.807, 2.05) is 71.9 Å². The molecule has 0 N–H and O–H groups in total. The van der Waals surface area contributed by atoms with Gasteiger partial charge in [0.1, 0.15) is 17.3 Å². The third-order valence-electron chi connectivity index (χ3n) is 9.84. The van der Waals surface area contributed by atoms with Gasteiger partial charge in [-0.1, -0.05) is 57.2 Å². The normalized spacial score (nSPS) is 16.9. The van der Waals surface area contributed by atoms with Crippen LogP contribution in [0.1, 0.15) is 88.4 Å². The summed E-state index contributed by atoms with van der Waals surface area (Å²) in [5.74, 6) is 1.67. The molecule has 0 saturated carbocycles. The van der Waals surface area contributed by atoms with Gasteiger partial charge < -0.3 is 19.6 Å². The van der Waals surface area contributed by atoms with Crippen LogP contribution in [-0.2, 0) is 34.0 Å². The highest BCUT2D eigenvalue weighted by molar-refractivity contribution is 6.17. The Kier molecular flexibility index (Phi) is 13.6. The van der Waals surface area contributed by atoms with Gasteiger partial charge in [0.15, 0.2) is 0 Å². The smallest absolute Gasteiger partial charge is 0.355 e. The number of anilines is 3. The molecule has 3 aliphatic heterocycles. The van der Waals surface area contributed by atoms with Crippen LogP contribution >= 0.6 is 11.6 Å². The summed E-state index contributed by atoms with van der Waals surface area (Å²) in [7, 11) is 0. The van der Waals surface area contributed by atoms with Crippen LogP contribution in [0.15, 0.2) is 54.6 Å². The number of nitrogens with zero attached hydrogens (tertiary/aromatic N) is 6. The van der Waals surface area contributed by atoms with Gasteiger partial charge in [-0.25, -0.2) is 9.97 Å². The number of alkyl halides is 4.